The van der Waals surface area contributed by atoms with Crippen molar-refractivity contribution >= 4 is 17.6 Å². The number of rotatable bonds is 6. The van der Waals surface area contributed by atoms with Gasteiger partial charge in [0.15, 0.2) is 6.61 Å². The Morgan fingerprint density at radius 3 is 2.57 bits per heavy atom. The van der Waals surface area contributed by atoms with Crippen molar-refractivity contribution in [3.05, 3.63) is 64.1 Å². The van der Waals surface area contributed by atoms with Crippen molar-refractivity contribution in [1.82, 2.24) is 5.32 Å². The molecule has 2 aromatic rings. The quantitative estimate of drug-likeness (QED) is 0.496. The van der Waals surface area contributed by atoms with E-state index in [9.17, 15) is 19.7 Å². The number of esters is 1. The molecule has 2 rings (SSSR count). The maximum atomic E-state index is 11.8. The van der Waals surface area contributed by atoms with Crippen molar-refractivity contribution in [2.75, 3.05) is 6.61 Å². The summed E-state index contributed by atoms with van der Waals surface area (Å²) in [6, 6.07) is 7.98. The molecule has 1 heterocycles. The number of ether oxygens (including phenoxy) is 1. The Morgan fingerprint density at radius 1 is 1.30 bits per heavy atom. The second-order valence-corrected chi connectivity index (χ2v) is 4.68. The maximum Gasteiger partial charge on any atom is 0.338 e. The van der Waals surface area contributed by atoms with Crippen LogP contribution in [0.3, 0.4) is 0 Å². The van der Waals surface area contributed by atoms with E-state index in [0.29, 0.717) is 5.76 Å². The Morgan fingerprint density at radius 2 is 2.00 bits per heavy atom. The summed E-state index contributed by atoms with van der Waals surface area (Å²) >= 11 is 0. The molecule has 1 atom stereocenters. The van der Waals surface area contributed by atoms with Gasteiger partial charge in [-0.05, 0) is 31.2 Å². The number of hydrogen-bond donors (Lipinski definition) is 1. The topological polar surface area (TPSA) is 112 Å². The molecule has 8 nitrogen and oxygen atoms in total. The monoisotopic (exact) mass is 318 g/mol. The van der Waals surface area contributed by atoms with Gasteiger partial charge in [0.05, 0.1) is 22.8 Å². The number of non-ortho nitro benzene ring substituents is 1. The van der Waals surface area contributed by atoms with E-state index in [1.54, 1.807) is 19.1 Å². The van der Waals surface area contributed by atoms with Gasteiger partial charge in [-0.15, -0.1) is 0 Å². The van der Waals surface area contributed by atoms with Crippen LogP contribution >= 0.6 is 0 Å². The highest BCUT2D eigenvalue weighted by Crippen LogP contribution is 2.13. The lowest BCUT2D eigenvalue weighted by Gasteiger charge is -2.11. The maximum absolute atomic E-state index is 11.8. The minimum Gasteiger partial charge on any atom is -0.467 e. The van der Waals surface area contributed by atoms with E-state index in [2.05, 4.69) is 5.32 Å². The number of benzene rings is 1. The zero-order valence-electron chi connectivity index (χ0n) is 12.2. The fraction of sp³-hybridized carbons (Fsp3) is 0.200. The molecule has 0 aliphatic carbocycles. The number of hydrogen-bond acceptors (Lipinski definition) is 6. The first-order valence-electron chi connectivity index (χ1n) is 6.71. The molecule has 0 fully saturated rings. The van der Waals surface area contributed by atoms with Gasteiger partial charge in [-0.25, -0.2) is 4.79 Å². The molecule has 8 heteroatoms. The van der Waals surface area contributed by atoms with E-state index in [0.717, 1.165) is 0 Å². The third kappa shape index (κ3) is 4.40. The van der Waals surface area contributed by atoms with E-state index >= 15 is 0 Å². The summed E-state index contributed by atoms with van der Waals surface area (Å²) in [6.45, 7) is 1.27. The molecule has 0 radical (unpaired) electrons. The lowest BCUT2D eigenvalue weighted by molar-refractivity contribution is -0.384. The summed E-state index contributed by atoms with van der Waals surface area (Å²) in [6.07, 6.45) is 1.49. The summed E-state index contributed by atoms with van der Waals surface area (Å²) in [7, 11) is 0. The van der Waals surface area contributed by atoms with Gasteiger partial charge in [-0.1, -0.05) is 0 Å². The molecule has 0 saturated heterocycles. The molecule has 1 aromatic carbocycles. The highest BCUT2D eigenvalue weighted by atomic mass is 16.6. The molecule has 0 aliphatic heterocycles. The average Bonchev–Trinajstić information content (AvgIpc) is 3.07. The molecule has 120 valence electrons. The molecular formula is C15H14N2O6. The van der Waals surface area contributed by atoms with Crippen LogP contribution in [0.4, 0.5) is 5.69 Å². The fourth-order valence-electron chi connectivity index (χ4n) is 1.83. The largest absolute Gasteiger partial charge is 0.467 e. The van der Waals surface area contributed by atoms with Crippen molar-refractivity contribution in [3.8, 4) is 0 Å². The highest BCUT2D eigenvalue weighted by Gasteiger charge is 2.15. The van der Waals surface area contributed by atoms with Crippen LogP contribution in [0.5, 0.6) is 0 Å². The summed E-state index contributed by atoms with van der Waals surface area (Å²) < 4.78 is 10.0. The van der Waals surface area contributed by atoms with E-state index in [4.69, 9.17) is 9.15 Å². The Kier molecular flexibility index (Phi) is 5.08. The van der Waals surface area contributed by atoms with Gasteiger partial charge >= 0.3 is 5.97 Å². The molecule has 1 amide bonds. The third-order valence-corrected chi connectivity index (χ3v) is 3.00. The van der Waals surface area contributed by atoms with Crippen molar-refractivity contribution in [3.63, 3.8) is 0 Å². The van der Waals surface area contributed by atoms with Crippen LogP contribution in [0.15, 0.2) is 47.1 Å². The van der Waals surface area contributed by atoms with Crippen LogP contribution in [-0.2, 0) is 9.53 Å². The number of carbonyl (C=O) groups excluding carboxylic acids is 2. The number of nitrogens with one attached hydrogen (secondary N) is 1. The predicted molar refractivity (Wildman–Crippen MR) is 78.6 cm³/mol. The zero-order chi connectivity index (χ0) is 16.8. The Bertz CT molecular complexity index is 693. The molecule has 23 heavy (non-hydrogen) atoms. The summed E-state index contributed by atoms with van der Waals surface area (Å²) in [5.74, 6) is -0.634. The highest BCUT2D eigenvalue weighted by molar-refractivity contribution is 5.91. The first-order chi connectivity index (χ1) is 11.0. The van der Waals surface area contributed by atoms with Crippen LogP contribution in [0.1, 0.15) is 29.1 Å². The lowest BCUT2D eigenvalue weighted by atomic mass is 10.2. The molecule has 0 spiro atoms. The van der Waals surface area contributed by atoms with E-state index in [1.807, 2.05) is 0 Å². The van der Waals surface area contributed by atoms with Gasteiger partial charge in [0, 0.05) is 12.1 Å². The van der Waals surface area contributed by atoms with Crippen LogP contribution < -0.4 is 5.32 Å². The molecule has 0 saturated carbocycles. The fourth-order valence-corrected chi connectivity index (χ4v) is 1.83. The Labute approximate surface area is 131 Å². The number of amides is 1. The molecule has 0 bridgehead atoms. The Balaban J connectivity index is 1.83. The molecule has 0 unspecified atom stereocenters. The smallest absolute Gasteiger partial charge is 0.338 e. The first kappa shape index (κ1) is 16.2. The number of nitrogens with zero attached hydrogens (tertiary/aromatic N) is 1. The number of nitro groups is 1. The van der Waals surface area contributed by atoms with Crippen LogP contribution in [0, 0.1) is 10.1 Å². The standard InChI is InChI=1S/C15H14N2O6/c1-10(13-3-2-8-22-13)16-14(18)9-23-15(19)11-4-6-12(7-5-11)17(20)21/h2-8,10H,9H2,1H3,(H,16,18)/t10-/m1/s1. The van der Waals surface area contributed by atoms with Gasteiger partial charge < -0.3 is 14.5 Å². The van der Waals surface area contributed by atoms with Gasteiger partial charge in [-0.2, -0.15) is 0 Å². The lowest BCUT2D eigenvalue weighted by Crippen LogP contribution is -2.30. The summed E-state index contributed by atoms with van der Waals surface area (Å²) in [5, 5.41) is 13.1. The van der Waals surface area contributed by atoms with Crippen LogP contribution in [-0.4, -0.2) is 23.4 Å². The Hall–Kier alpha value is -3.16. The van der Waals surface area contributed by atoms with Gasteiger partial charge in [0.25, 0.3) is 11.6 Å². The zero-order valence-corrected chi connectivity index (χ0v) is 12.2. The van der Waals surface area contributed by atoms with Gasteiger partial charge in [-0.3, -0.25) is 14.9 Å². The molecule has 1 aromatic heterocycles. The average molecular weight is 318 g/mol. The third-order valence-electron chi connectivity index (χ3n) is 3.00. The number of nitro benzene ring substituents is 1. The minimum absolute atomic E-state index is 0.127. The van der Waals surface area contributed by atoms with Crippen molar-refractivity contribution < 1.29 is 23.7 Å². The summed E-state index contributed by atoms with van der Waals surface area (Å²) in [4.78, 5) is 33.4. The van der Waals surface area contributed by atoms with Gasteiger partial charge in [0.2, 0.25) is 0 Å². The van der Waals surface area contributed by atoms with Gasteiger partial charge in [0.1, 0.15) is 5.76 Å². The van der Waals surface area contributed by atoms with E-state index in [-0.39, 0.29) is 17.3 Å². The van der Waals surface area contributed by atoms with Crippen molar-refractivity contribution in [2.24, 2.45) is 0 Å². The van der Waals surface area contributed by atoms with E-state index in [1.165, 1.54) is 30.5 Å². The number of furan rings is 1. The second-order valence-electron chi connectivity index (χ2n) is 4.68. The summed E-state index contributed by atoms with van der Waals surface area (Å²) in [5.41, 5.74) is -0.00551. The predicted octanol–water partition coefficient (Wildman–Crippen LogP) is 2.22. The minimum atomic E-state index is -0.735. The normalized spacial score (nSPS) is 11.5. The second kappa shape index (κ2) is 7.21. The molecular weight excluding hydrogens is 304 g/mol. The SMILES string of the molecule is C[C@@H](NC(=O)COC(=O)c1ccc([N+](=O)[O-])cc1)c1ccco1. The van der Waals surface area contributed by atoms with Crippen molar-refractivity contribution in [1.29, 1.82) is 0 Å². The van der Waals surface area contributed by atoms with Crippen LogP contribution in [0.25, 0.3) is 0 Å². The van der Waals surface area contributed by atoms with Crippen LogP contribution in [0.2, 0.25) is 0 Å². The first-order valence-corrected chi connectivity index (χ1v) is 6.71. The molecule has 1 N–H and O–H groups in total. The number of carbonyl (C=O) groups is 2. The van der Waals surface area contributed by atoms with Crippen molar-refractivity contribution in [2.45, 2.75) is 13.0 Å². The molecule has 0 aliphatic rings. The van der Waals surface area contributed by atoms with E-state index < -0.39 is 23.4 Å².